The number of rotatable bonds is 2. The zero-order valence-corrected chi connectivity index (χ0v) is 7.99. The van der Waals surface area contributed by atoms with Crippen molar-refractivity contribution in [2.75, 3.05) is 18.0 Å². The number of H-pyrrole nitrogens is 1. The van der Waals surface area contributed by atoms with Gasteiger partial charge in [-0.1, -0.05) is 13.8 Å². The Morgan fingerprint density at radius 2 is 2.31 bits per heavy atom. The maximum absolute atomic E-state index is 9.12. The van der Waals surface area contributed by atoms with Crippen LogP contribution in [0.1, 0.15) is 25.5 Å². The number of β-amino-alcohol motifs (C(OH)–C–C–N with tert-alkyl or cyclic N) is 1. The van der Waals surface area contributed by atoms with Gasteiger partial charge in [-0.15, -0.1) is 0 Å². The Morgan fingerprint density at radius 3 is 2.77 bits per heavy atom. The van der Waals surface area contributed by atoms with Crippen molar-refractivity contribution in [2.24, 2.45) is 0 Å². The lowest BCUT2D eigenvalue weighted by atomic mass is 10.1. The van der Waals surface area contributed by atoms with Gasteiger partial charge in [0.1, 0.15) is 0 Å². The summed E-state index contributed by atoms with van der Waals surface area (Å²) in [6, 6.07) is 2.05. The lowest BCUT2D eigenvalue weighted by molar-refractivity contribution is 0.141. The lowest BCUT2D eigenvalue weighted by Crippen LogP contribution is -2.51. The van der Waals surface area contributed by atoms with E-state index in [9.17, 15) is 0 Å². The number of aromatic nitrogens is 2. The molecule has 0 aliphatic carbocycles. The van der Waals surface area contributed by atoms with Crippen LogP contribution in [0.15, 0.2) is 6.07 Å². The molecule has 0 saturated carbocycles. The first kappa shape index (κ1) is 8.56. The predicted molar refractivity (Wildman–Crippen MR) is 50.9 cm³/mol. The Kier molecular flexibility index (Phi) is 2.00. The van der Waals surface area contributed by atoms with Gasteiger partial charge in [-0.05, 0) is 5.92 Å². The van der Waals surface area contributed by atoms with Crippen molar-refractivity contribution in [3.05, 3.63) is 11.8 Å². The van der Waals surface area contributed by atoms with Crippen molar-refractivity contribution in [2.45, 2.75) is 25.9 Å². The molecule has 2 rings (SSSR count). The molecule has 1 fully saturated rings. The molecule has 0 spiro atoms. The van der Waals surface area contributed by atoms with E-state index >= 15 is 0 Å². The number of aliphatic hydroxyl groups is 1. The van der Waals surface area contributed by atoms with Gasteiger partial charge < -0.3 is 10.0 Å². The van der Waals surface area contributed by atoms with Crippen molar-refractivity contribution in [1.82, 2.24) is 10.2 Å². The Balaban J connectivity index is 2.06. The molecule has 0 amide bonds. The fraction of sp³-hybridized carbons (Fsp3) is 0.667. The average molecular weight is 181 g/mol. The fourth-order valence-electron chi connectivity index (χ4n) is 1.43. The summed E-state index contributed by atoms with van der Waals surface area (Å²) in [5.41, 5.74) is 1.15. The third-order valence-corrected chi connectivity index (χ3v) is 2.39. The maximum Gasteiger partial charge on any atom is 0.150 e. The molecule has 2 heterocycles. The van der Waals surface area contributed by atoms with Crippen molar-refractivity contribution < 1.29 is 5.11 Å². The minimum absolute atomic E-state index is 0.167. The normalized spacial score (nSPS) is 18.0. The molecule has 4 nitrogen and oxygen atoms in total. The highest BCUT2D eigenvalue weighted by Gasteiger charge is 2.26. The van der Waals surface area contributed by atoms with E-state index < -0.39 is 0 Å². The second-order valence-electron chi connectivity index (χ2n) is 3.89. The lowest BCUT2D eigenvalue weighted by Gasteiger charge is -2.35. The van der Waals surface area contributed by atoms with Crippen LogP contribution in [0, 0.1) is 0 Å². The molecule has 1 aliphatic heterocycles. The Hall–Kier alpha value is -1.03. The zero-order valence-electron chi connectivity index (χ0n) is 7.99. The van der Waals surface area contributed by atoms with Crippen LogP contribution >= 0.6 is 0 Å². The van der Waals surface area contributed by atoms with E-state index in [2.05, 4.69) is 35.0 Å². The number of hydrogen-bond acceptors (Lipinski definition) is 3. The molecule has 0 aromatic carbocycles. The number of anilines is 1. The van der Waals surface area contributed by atoms with Crippen molar-refractivity contribution in [3.63, 3.8) is 0 Å². The molecule has 1 aromatic rings. The summed E-state index contributed by atoms with van der Waals surface area (Å²) in [5.74, 6) is 1.43. The van der Waals surface area contributed by atoms with E-state index in [0.29, 0.717) is 19.0 Å². The van der Waals surface area contributed by atoms with Gasteiger partial charge in [-0.25, -0.2) is 0 Å². The van der Waals surface area contributed by atoms with Crippen molar-refractivity contribution >= 4 is 5.82 Å². The third-order valence-electron chi connectivity index (χ3n) is 2.39. The molecule has 13 heavy (non-hydrogen) atoms. The van der Waals surface area contributed by atoms with Gasteiger partial charge in [0.05, 0.1) is 6.10 Å². The second-order valence-corrected chi connectivity index (χ2v) is 3.89. The fourth-order valence-corrected chi connectivity index (χ4v) is 1.43. The molecule has 72 valence electrons. The minimum Gasteiger partial charge on any atom is -0.389 e. The number of hydrogen-bond donors (Lipinski definition) is 2. The van der Waals surface area contributed by atoms with Crippen LogP contribution in [0.2, 0.25) is 0 Å². The molecule has 1 saturated heterocycles. The molecular formula is C9H15N3O. The summed E-state index contributed by atoms with van der Waals surface area (Å²) in [5, 5.41) is 16.3. The second kappa shape index (κ2) is 3.03. The van der Waals surface area contributed by atoms with Gasteiger partial charge in [-0.2, -0.15) is 5.10 Å². The van der Waals surface area contributed by atoms with Crippen LogP contribution in [0.4, 0.5) is 5.82 Å². The first-order valence-corrected chi connectivity index (χ1v) is 4.65. The first-order valence-electron chi connectivity index (χ1n) is 4.65. The molecule has 0 radical (unpaired) electrons. The summed E-state index contributed by atoms with van der Waals surface area (Å²) >= 11 is 0. The first-order chi connectivity index (χ1) is 6.16. The Labute approximate surface area is 77.6 Å². The van der Waals surface area contributed by atoms with Gasteiger partial charge >= 0.3 is 0 Å². The van der Waals surface area contributed by atoms with Gasteiger partial charge in [-0.3, -0.25) is 5.10 Å². The summed E-state index contributed by atoms with van der Waals surface area (Å²) in [7, 11) is 0. The topological polar surface area (TPSA) is 52.1 Å². The average Bonchev–Trinajstić information content (AvgIpc) is 2.46. The van der Waals surface area contributed by atoms with Gasteiger partial charge in [0, 0.05) is 24.8 Å². The number of aromatic amines is 1. The smallest absolute Gasteiger partial charge is 0.150 e. The maximum atomic E-state index is 9.12. The van der Waals surface area contributed by atoms with E-state index in [1.165, 1.54) is 0 Å². The summed E-state index contributed by atoms with van der Waals surface area (Å²) in [6.07, 6.45) is -0.167. The quantitative estimate of drug-likeness (QED) is 0.706. The standard InChI is InChI=1S/C9H15N3O/c1-6(2)8-3-9(11-10-8)12-4-7(13)5-12/h3,6-7,13H,4-5H2,1-2H3,(H,10,11). The van der Waals surface area contributed by atoms with E-state index in [1.54, 1.807) is 0 Å². The highest BCUT2D eigenvalue weighted by molar-refractivity contribution is 5.43. The van der Waals surface area contributed by atoms with Crippen LogP contribution in [-0.4, -0.2) is 34.5 Å². The van der Waals surface area contributed by atoms with Gasteiger partial charge in [0.15, 0.2) is 5.82 Å². The molecule has 2 N–H and O–H groups in total. The van der Waals surface area contributed by atoms with Crippen LogP contribution < -0.4 is 4.90 Å². The van der Waals surface area contributed by atoms with Gasteiger partial charge in [0.25, 0.3) is 0 Å². The Bertz CT molecular complexity index is 289. The molecule has 1 aliphatic rings. The SMILES string of the molecule is CC(C)c1cc(N2CC(O)C2)n[nH]1. The molecule has 1 aromatic heterocycles. The molecular weight excluding hydrogens is 166 g/mol. The Morgan fingerprint density at radius 1 is 1.62 bits per heavy atom. The highest BCUT2D eigenvalue weighted by atomic mass is 16.3. The predicted octanol–water partition coefficient (Wildman–Crippen LogP) is 0.714. The monoisotopic (exact) mass is 181 g/mol. The number of aliphatic hydroxyl groups excluding tert-OH is 1. The molecule has 0 unspecified atom stereocenters. The summed E-state index contributed by atoms with van der Waals surface area (Å²) in [4.78, 5) is 2.06. The minimum atomic E-state index is -0.167. The van der Waals surface area contributed by atoms with E-state index in [4.69, 9.17) is 5.11 Å². The van der Waals surface area contributed by atoms with Crippen LogP contribution in [0.25, 0.3) is 0 Å². The van der Waals surface area contributed by atoms with Crippen molar-refractivity contribution in [1.29, 1.82) is 0 Å². The van der Waals surface area contributed by atoms with Crippen molar-refractivity contribution in [3.8, 4) is 0 Å². The molecule has 4 heteroatoms. The van der Waals surface area contributed by atoms with Crippen LogP contribution in [-0.2, 0) is 0 Å². The molecule has 0 atom stereocenters. The van der Waals surface area contributed by atoms with Crippen LogP contribution in [0.5, 0.6) is 0 Å². The number of nitrogens with one attached hydrogen (secondary N) is 1. The highest BCUT2D eigenvalue weighted by Crippen LogP contribution is 2.21. The van der Waals surface area contributed by atoms with Gasteiger partial charge in [0.2, 0.25) is 0 Å². The zero-order chi connectivity index (χ0) is 9.42. The summed E-state index contributed by atoms with van der Waals surface area (Å²) in [6.45, 7) is 5.68. The molecule has 0 bridgehead atoms. The van der Waals surface area contributed by atoms with E-state index in [-0.39, 0.29) is 6.10 Å². The van der Waals surface area contributed by atoms with E-state index in [1.807, 2.05) is 0 Å². The summed E-state index contributed by atoms with van der Waals surface area (Å²) < 4.78 is 0. The number of nitrogens with zero attached hydrogens (tertiary/aromatic N) is 2. The third kappa shape index (κ3) is 1.54. The van der Waals surface area contributed by atoms with E-state index in [0.717, 1.165) is 11.5 Å². The largest absolute Gasteiger partial charge is 0.389 e. The van der Waals surface area contributed by atoms with Crippen LogP contribution in [0.3, 0.4) is 0 Å².